The third-order valence-corrected chi connectivity index (χ3v) is 14.2. The summed E-state index contributed by atoms with van der Waals surface area (Å²) >= 11 is 0. The van der Waals surface area contributed by atoms with Gasteiger partial charge in [0.05, 0.1) is 67.4 Å². The lowest BCUT2D eigenvalue weighted by molar-refractivity contribution is -0.458. The van der Waals surface area contributed by atoms with E-state index >= 15 is 0 Å². The number of aliphatic hydroxyl groups is 8. The first-order valence-electron chi connectivity index (χ1n) is 17.4. The van der Waals surface area contributed by atoms with Gasteiger partial charge in [0.2, 0.25) is 5.91 Å². The lowest BCUT2D eigenvalue weighted by atomic mass is 9.42. The summed E-state index contributed by atoms with van der Waals surface area (Å²) in [5, 5.41) is 92.7. The molecule has 1 saturated carbocycles. The predicted octanol–water partition coefficient (Wildman–Crippen LogP) is -1.10. The second-order valence-corrected chi connectivity index (χ2v) is 17.7. The molecule has 50 heavy (non-hydrogen) atoms. The van der Waals surface area contributed by atoms with E-state index in [9.17, 15) is 45.6 Å². The first kappa shape index (κ1) is 41.7. The Morgan fingerprint density at radius 3 is 1.80 bits per heavy atom. The quantitative estimate of drug-likeness (QED) is 0.130. The number of rotatable bonds is 10. The van der Waals surface area contributed by atoms with E-state index in [1.165, 1.54) is 48.5 Å². The van der Waals surface area contributed by atoms with Crippen LogP contribution in [0.2, 0.25) is 0 Å². The molecule has 4 rings (SSSR count). The van der Waals surface area contributed by atoms with E-state index in [1.807, 2.05) is 0 Å². The van der Waals surface area contributed by atoms with Gasteiger partial charge < -0.3 is 69.9 Å². The molecule has 15 heteroatoms. The fourth-order valence-corrected chi connectivity index (χ4v) is 9.80. The van der Waals surface area contributed by atoms with Crippen LogP contribution in [0, 0.1) is 11.3 Å². The summed E-state index contributed by atoms with van der Waals surface area (Å²) in [6.07, 6.45) is -4.35. The van der Waals surface area contributed by atoms with E-state index in [0.29, 0.717) is 0 Å². The van der Waals surface area contributed by atoms with Gasteiger partial charge in [-0.05, 0) is 76.2 Å². The van der Waals surface area contributed by atoms with Gasteiger partial charge in [-0.3, -0.25) is 4.79 Å². The molecule has 4 fully saturated rings. The lowest BCUT2D eigenvalue weighted by Gasteiger charge is -2.77. The molecule has 4 aliphatic rings. The fourth-order valence-electron chi connectivity index (χ4n) is 9.80. The molecule has 0 aromatic heterocycles. The van der Waals surface area contributed by atoms with Gasteiger partial charge in [0.25, 0.3) is 0 Å². The number of aliphatic hydroxyl groups excluding tert-OH is 4. The molecular formula is C35H63NO14. The SMILES string of the molecule is CC(=O)NC1(C)C2(C)C(OC[C@]3(C)OC(C)(CO)[C@](C)(O)C(C)(O)C3(C)O)C(CO)(O[C@]1(C)COC[C@@H]1C(C)(C)O[C@@H](C)C(O)C1(C)O)[C@H]2O. The second kappa shape index (κ2) is 12.0. The van der Waals surface area contributed by atoms with E-state index in [2.05, 4.69) is 5.32 Å². The molecule has 15 nitrogen and oxygen atoms in total. The van der Waals surface area contributed by atoms with Gasteiger partial charge in [0.1, 0.15) is 51.4 Å². The molecule has 9 unspecified atom stereocenters. The van der Waals surface area contributed by atoms with E-state index in [0.717, 1.165) is 0 Å². The minimum absolute atomic E-state index is 0.0810. The van der Waals surface area contributed by atoms with Crippen LogP contribution in [0.3, 0.4) is 0 Å². The summed E-state index contributed by atoms with van der Waals surface area (Å²) in [7, 11) is 0. The Kier molecular flexibility index (Phi) is 9.99. The van der Waals surface area contributed by atoms with Gasteiger partial charge in [-0.15, -0.1) is 0 Å². The molecule has 9 N–H and O–H groups in total. The highest BCUT2D eigenvalue weighted by Gasteiger charge is 2.85. The third-order valence-electron chi connectivity index (χ3n) is 14.2. The highest BCUT2D eigenvalue weighted by molar-refractivity contribution is 5.74. The van der Waals surface area contributed by atoms with Crippen LogP contribution in [0.15, 0.2) is 0 Å². The number of carbonyl (C=O) groups is 1. The van der Waals surface area contributed by atoms with Crippen LogP contribution < -0.4 is 5.32 Å². The monoisotopic (exact) mass is 721 g/mol. The molecule has 15 atom stereocenters. The average molecular weight is 722 g/mol. The number of hydrogen-bond acceptors (Lipinski definition) is 14. The summed E-state index contributed by atoms with van der Waals surface area (Å²) in [6, 6.07) is 0. The van der Waals surface area contributed by atoms with Crippen molar-refractivity contribution in [1.29, 1.82) is 0 Å². The molecule has 0 aromatic carbocycles. The summed E-state index contributed by atoms with van der Waals surface area (Å²) in [5.74, 6) is -1.15. The molecule has 1 aliphatic carbocycles. The largest absolute Gasteiger partial charge is 0.393 e. The van der Waals surface area contributed by atoms with Gasteiger partial charge in [0.15, 0.2) is 0 Å². The Balaban J connectivity index is 1.68. The lowest BCUT2D eigenvalue weighted by Crippen LogP contribution is -2.96. The van der Waals surface area contributed by atoms with Crippen molar-refractivity contribution in [3.63, 3.8) is 0 Å². The Bertz CT molecular complexity index is 1320. The molecule has 2 bridgehead atoms. The second-order valence-electron chi connectivity index (χ2n) is 17.7. The van der Waals surface area contributed by atoms with E-state index in [4.69, 9.17) is 23.7 Å². The summed E-state index contributed by atoms with van der Waals surface area (Å²) in [5.41, 5.74) is -18.6. The summed E-state index contributed by atoms with van der Waals surface area (Å²) in [6.45, 7) is 17.6. The molecule has 292 valence electrons. The number of amides is 1. The molecular weight excluding hydrogens is 658 g/mol. The molecule has 3 heterocycles. The number of hydrogen-bond donors (Lipinski definition) is 9. The predicted molar refractivity (Wildman–Crippen MR) is 178 cm³/mol. The molecule has 3 saturated heterocycles. The molecule has 0 aromatic rings. The van der Waals surface area contributed by atoms with Crippen molar-refractivity contribution in [3.05, 3.63) is 0 Å². The minimum Gasteiger partial charge on any atom is -0.393 e. The van der Waals surface area contributed by atoms with Crippen LogP contribution in [0.25, 0.3) is 0 Å². The highest BCUT2D eigenvalue weighted by atomic mass is 16.6. The third kappa shape index (κ3) is 5.06. The Labute approximate surface area is 295 Å². The minimum atomic E-state index is -2.24. The van der Waals surface area contributed by atoms with Gasteiger partial charge in [-0.2, -0.15) is 0 Å². The van der Waals surface area contributed by atoms with Gasteiger partial charge in [-0.25, -0.2) is 0 Å². The number of carbonyl (C=O) groups excluding carboxylic acids is 1. The zero-order chi connectivity index (χ0) is 38.7. The van der Waals surface area contributed by atoms with Crippen LogP contribution in [0.4, 0.5) is 0 Å². The molecule has 0 radical (unpaired) electrons. The van der Waals surface area contributed by atoms with Crippen molar-refractivity contribution >= 4 is 5.91 Å². The maximum absolute atomic E-state index is 12.8. The van der Waals surface area contributed by atoms with Crippen LogP contribution in [0.5, 0.6) is 0 Å². The number of fused-ring (bicyclic) bond motifs is 2. The van der Waals surface area contributed by atoms with E-state index in [-0.39, 0.29) is 13.2 Å². The molecule has 3 aliphatic heterocycles. The normalized spacial score (nSPS) is 56.1. The maximum atomic E-state index is 12.8. The fraction of sp³-hybridized carbons (Fsp3) is 0.971. The smallest absolute Gasteiger partial charge is 0.217 e. The molecule has 1 amide bonds. The van der Waals surface area contributed by atoms with Crippen molar-refractivity contribution in [2.45, 2.75) is 170 Å². The average Bonchev–Trinajstić information content (AvgIpc) is 2.98. The van der Waals surface area contributed by atoms with Gasteiger partial charge in [0, 0.05) is 12.8 Å². The first-order valence-corrected chi connectivity index (χ1v) is 17.4. The summed E-state index contributed by atoms with van der Waals surface area (Å²) < 4.78 is 31.6. The van der Waals surface area contributed by atoms with Crippen LogP contribution in [-0.4, -0.2) is 160 Å². The van der Waals surface area contributed by atoms with Crippen LogP contribution >= 0.6 is 0 Å². The van der Waals surface area contributed by atoms with Crippen molar-refractivity contribution in [2.24, 2.45) is 11.3 Å². The van der Waals surface area contributed by atoms with Crippen LogP contribution in [0.1, 0.15) is 90.0 Å². The first-order chi connectivity index (χ1) is 22.3. The standard InChI is InChI=1S/C35H63NO14/c1-19-22(40)30(9,42)21(25(3,4)48-19)14-46-17-27(6)31(10,36-20(2)39)29(8)23(41)35(16-38,50-27)24(29)47-18-28(7)33(12,44)34(13,45)32(11,43)26(5,15-37)49-28/h19,21-24,37-38,40-45H,14-18H2,1-13H3,(H,36,39)/t19-,21+,22?,23-,24?,26?,27+,28-,29?,30?,31?,32-,33?,34?,35?/m0/s1. The van der Waals surface area contributed by atoms with Crippen molar-refractivity contribution in [2.75, 3.05) is 33.0 Å². The summed E-state index contributed by atoms with van der Waals surface area (Å²) in [4.78, 5) is 12.8. The number of nitrogens with one attached hydrogen (secondary N) is 1. The topological polar surface area (TPSA) is 237 Å². The van der Waals surface area contributed by atoms with Crippen molar-refractivity contribution in [1.82, 2.24) is 5.32 Å². The van der Waals surface area contributed by atoms with Crippen molar-refractivity contribution < 1.29 is 69.3 Å². The Morgan fingerprint density at radius 2 is 1.30 bits per heavy atom. The maximum Gasteiger partial charge on any atom is 0.217 e. The number of ether oxygens (including phenoxy) is 5. The van der Waals surface area contributed by atoms with E-state index in [1.54, 1.807) is 41.5 Å². The zero-order valence-electron chi connectivity index (χ0n) is 31.9. The van der Waals surface area contributed by atoms with Gasteiger partial charge in [-0.1, -0.05) is 6.92 Å². The Morgan fingerprint density at radius 1 is 0.760 bits per heavy atom. The van der Waals surface area contributed by atoms with Crippen LogP contribution in [-0.2, 0) is 28.5 Å². The zero-order valence-corrected chi connectivity index (χ0v) is 31.9. The molecule has 0 spiro atoms. The van der Waals surface area contributed by atoms with Gasteiger partial charge >= 0.3 is 0 Å². The highest BCUT2D eigenvalue weighted by Crippen LogP contribution is 2.67. The van der Waals surface area contributed by atoms with E-state index < -0.39 is 117 Å². The van der Waals surface area contributed by atoms with Crippen molar-refractivity contribution in [3.8, 4) is 0 Å². The Hall–Kier alpha value is -1.05.